The molecule has 4 N–H and O–H groups in total. The molecule has 1 aliphatic heterocycles. The van der Waals surface area contributed by atoms with Gasteiger partial charge in [0.05, 0.1) is 6.61 Å². The summed E-state index contributed by atoms with van der Waals surface area (Å²) in [5, 5.41) is 39.0. The summed E-state index contributed by atoms with van der Waals surface area (Å²) in [5.74, 6) is 0. The van der Waals surface area contributed by atoms with Crippen molar-refractivity contribution < 1.29 is 29.9 Å². The summed E-state index contributed by atoms with van der Waals surface area (Å²) in [7, 11) is -1.38. The summed E-state index contributed by atoms with van der Waals surface area (Å²) in [5.41, 5.74) is 0. The minimum atomic E-state index is -1.38. The molecule has 0 radical (unpaired) electrons. The first-order chi connectivity index (χ1) is 12.8. The lowest BCUT2D eigenvalue weighted by atomic mass is 9.99. The minimum absolute atomic E-state index is 0.439. The van der Waals surface area contributed by atoms with Gasteiger partial charge < -0.3 is 29.9 Å². The molecule has 1 aliphatic rings. The maximum absolute atomic E-state index is 10.1. The van der Waals surface area contributed by atoms with Crippen LogP contribution in [0.5, 0.6) is 0 Å². The Labute approximate surface area is 165 Å². The van der Waals surface area contributed by atoms with Gasteiger partial charge in [-0.15, -0.1) is 0 Å². The normalized spacial score (nSPS) is 29.2. The van der Waals surface area contributed by atoms with Crippen LogP contribution in [0.3, 0.4) is 0 Å². The Morgan fingerprint density at radius 1 is 0.852 bits per heavy atom. The van der Waals surface area contributed by atoms with E-state index in [9.17, 15) is 15.3 Å². The van der Waals surface area contributed by atoms with Crippen LogP contribution in [0, 0.1) is 0 Å². The fourth-order valence-electron chi connectivity index (χ4n) is 3.59. The van der Waals surface area contributed by atoms with Crippen molar-refractivity contribution in [2.45, 2.75) is 114 Å². The SMILES string of the molecule is CCCCCCCCCC[Si](C)(C)CCO[C@@H]1[C@@H](O)[C@@H](O)[C@@H](CO)O[C@H]1O. The van der Waals surface area contributed by atoms with E-state index in [-0.39, 0.29) is 0 Å². The fourth-order valence-corrected chi connectivity index (χ4v) is 5.71. The largest absolute Gasteiger partial charge is 0.394 e. The van der Waals surface area contributed by atoms with Crippen molar-refractivity contribution in [3.05, 3.63) is 0 Å². The molecule has 0 bridgehead atoms. The Balaban J connectivity index is 2.20. The second-order valence-electron chi connectivity index (χ2n) is 8.70. The second kappa shape index (κ2) is 13.2. The van der Waals surface area contributed by atoms with Gasteiger partial charge in [-0.1, -0.05) is 77.4 Å². The topological polar surface area (TPSA) is 99.4 Å². The quantitative estimate of drug-likeness (QED) is 0.261. The highest BCUT2D eigenvalue weighted by atomic mass is 28.3. The molecule has 0 saturated carbocycles. The Hall–Kier alpha value is -0.0231. The van der Waals surface area contributed by atoms with E-state index in [0.717, 1.165) is 6.04 Å². The smallest absolute Gasteiger partial charge is 0.184 e. The number of rotatable bonds is 14. The monoisotopic (exact) mass is 406 g/mol. The highest BCUT2D eigenvalue weighted by Gasteiger charge is 2.44. The average Bonchev–Trinajstić information content (AvgIpc) is 2.63. The zero-order chi connectivity index (χ0) is 20.3. The number of unbranched alkanes of at least 4 members (excludes halogenated alkanes) is 7. The molecule has 1 rings (SSSR count). The highest BCUT2D eigenvalue weighted by molar-refractivity contribution is 6.77. The van der Waals surface area contributed by atoms with Gasteiger partial charge in [-0.25, -0.2) is 0 Å². The van der Waals surface area contributed by atoms with Crippen molar-refractivity contribution in [3.63, 3.8) is 0 Å². The first-order valence-corrected chi connectivity index (χ1v) is 14.2. The lowest BCUT2D eigenvalue weighted by Crippen LogP contribution is -2.59. The first kappa shape index (κ1) is 25.0. The zero-order valence-corrected chi connectivity index (χ0v) is 18.5. The predicted molar refractivity (Wildman–Crippen MR) is 109 cm³/mol. The molecule has 0 aromatic carbocycles. The summed E-state index contributed by atoms with van der Waals surface area (Å²) in [6.07, 6.45) is 4.80. The van der Waals surface area contributed by atoms with Gasteiger partial charge in [-0.2, -0.15) is 0 Å². The molecule has 0 amide bonds. The molecule has 0 aliphatic carbocycles. The predicted octanol–water partition coefficient (Wildman–Crippen LogP) is 2.65. The molecule has 5 atom stereocenters. The lowest BCUT2D eigenvalue weighted by molar-refractivity contribution is -0.295. The summed E-state index contributed by atoms with van der Waals surface area (Å²) in [4.78, 5) is 0. The van der Waals surface area contributed by atoms with E-state index >= 15 is 0 Å². The third-order valence-electron chi connectivity index (χ3n) is 5.64. The maximum Gasteiger partial charge on any atom is 0.184 e. The standard InChI is InChI=1S/C20H42O6Si/c1-4-5-6-7-8-9-10-11-13-27(2,3)14-12-25-19-18(23)17(22)16(15-21)26-20(19)24/h16-24H,4-15H2,1-3H3/t16-,17+,18+,19-,20-/m1/s1. The Bertz CT molecular complexity index is 381. The molecule has 162 valence electrons. The molecular formula is C20H42O6Si. The molecule has 1 saturated heterocycles. The summed E-state index contributed by atoms with van der Waals surface area (Å²) < 4.78 is 10.8. The molecule has 0 aromatic heterocycles. The maximum atomic E-state index is 10.1. The summed E-state index contributed by atoms with van der Waals surface area (Å²) >= 11 is 0. The number of hydrogen-bond acceptors (Lipinski definition) is 6. The molecule has 0 aromatic rings. The van der Waals surface area contributed by atoms with Crippen LogP contribution in [0.25, 0.3) is 0 Å². The van der Waals surface area contributed by atoms with Gasteiger partial charge in [0.1, 0.15) is 24.4 Å². The van der Waals surface area contributed by atoms with Crippen LogP contribution < -0.4 is 0 Å². The third-order valence-corrected chi connectivity index (χ3v) is 8.90. The lowest BCUT2D eigenvalue weighted by Gasteiger charge is -2.40. The summed E-state index contributed by atoms with van der Waals surface area (Å²) in [6.45, 7) is 6.92. The zero-order valence-electron chi connectivity index (χ0n) is 17.5. The van der Waals surface area contributed by atoms with Crippen LogP contribution in [-0.4, -0.2) is 72.4 Å². The Morgan fingerprint density at radius 2 is 1.44 bits per heavy atom. The van der Waals surface area contributed by atoms with E-state index in [1.807, 2.05) is 0 Å². The molecule has 6 nitrogen and oxygen atoms in total. The van der Waals surface area contributed by atoms with Crippen molar-refractivity contribution in [3.8, 4) is 0 Å². The van der Waals surface area contributed by atoms with Gasteiger partial charge >= 0.3 is 0 Å². The van der Waals surface area contributed by atoms with Gasteiger partial charge in [0.15, 0.2) is 6.29 Å². The number of ether oxygens (including phenoxy) is 2. The van der Waals surface area contributed by atoms with Crippen LogP contribution in [0.1, 0.15) is 58.3 Å². The van der Waals surface area contributed by atoms with Crippen LogP contribution in [0.15, 0.2) is 0 Å². The molecule has 0 spiro atoms. The van der Waals surface area contributed by atoms with E-state index in [2.05, 4.69) is 20.0 Å². The van der Waals surface area contributed by atoms with E-state index in [4.69, 9.17) is 14.6 Å². The average molecular weight is 407 g/mol. The Kier molecular flexibility index (Phi) is 12.3. The van der Waals surface area contributed by atoms with Crippen molar-refractivity contribution in [2.24, 2.45) is 0 Å². The van der Waals surface area contributed by atoms with E-state index in [1.54, 1.807) is 0 Å². The fraction of sp³-hybridized carbons (Fsp3) is 1.00. The Morgan fingerprint density at radius 3 is 2.04 bits per heavy atom. The number of aliphatic hydroxyl groups excluding tert-OH is 4. The van der Waals surface area contributed by atoms with E-state index in [1.165, 1.54) is 57.4 Å². The second-order valence-corrected chi connectivity index (χ2v) is 14.0. The third kappa shape index (κ3) is 9.34. The van der Waals surface area contributed by atoms with Gasteiger partial charge in [-0.3, -0.25) is 0 Å². The van der Waals surface area contributed by atoms with Crippen LogP contribution in [0.4, 0.5) is 0 Å². The number of aliphatic hydroxyl groups is 4. The number of hydrogen-bond donors (Lipinski definition) is 4. The van der Waals surface area contributed by atoms with Gasteiger partial charge in [0.2, 0.25) is 0 Å². The van der Waals surface area contributed by atoms with Crippen LogP contribution in [0.2, 0.25) is 25.2 Å². The van der Waals surface area contributed by atoms with Crippen LogP contribution in [-0.2, 0) is 9.47 Å². The molecular weight excluding hydrogens is 364 g/mol. The van der Waals surface area contributed by atoms with Gasteiger partial charge in [-0.05, 0) is 6.04 Å². The molecule has 1 fully saturated rings. The molecule has 7 heteroatoms. The van der Waals surface area contributed by atoms with Gasteiger partial charge in [0.25, 0.3) is 0 Å². The van der Waals surface area contributed by atoms with Gasteiger partial charge in [0, 0.05) is 14.7 Å². The first-order valence-electron chi connectivity index (χ1n) is 10.7. The van der Waals surface area contributed by atoms with Crippen molar-refractivity contribution >= 4 is 8.07 Å². The van der Waals surface area contributed by atoms with Crippen molar-refractivity contribution in [1.82, 2.24) is 0 Å². The molecule has 0 unspecified atom stereocenters. The van der Waals surface area contributed by atoms with E-state index < -0.39 is 45.4 Å². The van der Waals surface area contributed by atoms with E-state index in [0.29, 0.717) is 6.61 Å². The van der Waals surface area contributed by atoms with Crippen LogP contribution >= 0.6 is 0 Å². The molecule has 1 heterocycles. The highest BCUT2D eigenvalue weighted by Crippen LogP contribution is 2.24. The minimum Gasteiger partial charge on any atom is -0.394 e. The summed E-state index contributed by atoms with van der Waals surface area (Å²) in [6, 6.07) is 2.20. The molecule has 27 heavy (non-hydrogen) atoms. The van der Waals surface area contributed by atoms with Crippen molar-refractivity contribution in [1.29, 1.82) is 0 Å². The van der Waals surface area contributed by atoms with Crippen molar-refractivity contribution in [2.75, 3.05) is 13.2 Å².